The molecule has 13 N–H and O–H groups in total. The van der Waals surface area contributed by atoms with Gasteiger partial charge in [-0.15, -0.1) is 0 Å². The first-order valence-electron chi connectivity index (χ1n) is 14.6. The zero-order valence-electron chi connectivity index (χ0n) is 25.6. The van der Waals surface area contributed by atoms with Crippen molar-refractivity contribution in [2.75, 3.05) is 37.4 Å². The van der Waals surface area contributed by atoms with E-state index in [1.807, 2.05) is 0 Å². The standard InChI is InChI=1S/C24H35N9O15P2/c25-4-11(34)5-28-24-31-14-19(26)29-9-30-21(14)33(24)23-18(38)16(36)13(47-23)8-45-50(42,43)48-49(40,41)44-7-12-15(35)17(37)22(46-12)32-3-1-2-10(6-32)20(27)39/h1-3,6,9,11-13,15-18,22-23,34-38H,4-5,7-8,25H2,(H6-,26,27,28,29,30,31,39,40,41,42,43)/t11?,12-,13-,15-,16-,17-,18-,22-,23-/m1/s1. The van der Waals surface area contributed by atoms with Gasteiger partial charge < -0.3 is 71.8 Å². The lowest BCUT2D eigenvalue weighted by molar-refractivity contribution is -0.765. The Morgan fingerprint density at radius 1 is 1.10 bits per heavy atom. The third-order valence-corrected chi connectivity index (χ3v) is 10.2. The highest BCUT2D eigenvalue weighted by molar-refractivity contribution is 7.60. The van der Waals surface area contributed by atoms with E-state index in [0.717, 1.165) is 6.33 Å². The third kappa shape index (κ3) is 8.26. The van der Waals surface area contributed by atoms with Crippen LogP contribution >= 0.6 is 15.6 Å². The van der Waals surface area contributed by atoms with Crippen LogP contribution in [0.4, 0.5) is 11.8 Å². The fourth-order valence-corrected chi connectivity index (χ4v) is 7.13. The van der Waals surface area contributed by atoms with Crippen LogP contribution in [-0.4, -0.2) is 125 Å². The van der Waals surface area contributed by atoms with E-state index >= 15 is 0 Å². The Labute approximate surface area is 281 Å². The van der Waals surface area contributed by atoms with Gasteiger partial charge in [0.15, 0.2) is 41.7 Å². The summed E-state index contributed by atoms with van der Waals surface area (Å²) in [6, 6.07) is 2.80. The Bertz CT molecular complexity index is 1790. The molecular formula is C24H35N9O15P2. The van der Waals surface area contributed by atoms with Crippen LogP contribution in [0.3, 0.4) is 0 Å². The zero-order valence-corrected chi connectivity index (χ0v) is 27.4. The monoisotopic (exact) mass is 751 g/mol. The minimum atomic E-state index is -5.68. The van der Waals surface area contributed by atoms with E-state index in [1.54, 1.807) is 0 Å². The number of hydrogen-bond acceptors (Lipinski definition) is 20. The normalized spacial score (nSPS) is 29.8. The second-order valence-corrected chi connectivity index (χ2v) is 14.1. The van der Waals surface area contributed by atoms with Gasteiger partial charge >= 0.3 is 7.82 Å². The van der Waals surface area contributed by atoms with Gasteiger partial charge in [0.05, 0.1) is 19.3 Å². The molecule has 50 heavy (non-hydrogen) atoms. The van der Waals surface area contributed by atoms with Crippen molar-refractivity contribution in [2.45, 2.75) is 55.2 Å². The smallest absolute Gasteiger partial charge is 0.478 e. The summed E-state index contributed by atoms with van der Waals surface area (Å²) in [6.07, 6.45) is -9.98. The molecule has 3 aromatic heterocycles. The topological polar surface area (TPSA) is 379 Å². The highest BCUT2D eigenvalue weighted by Crippen LogP contribution is 2.58. The Morgan fingerprint density at radius 2 is 1.78 bits per heavy atom. The second kappa shape index (κ2) is 15.1. The Morgan fingerprint density at radius 3 is 2.48 bits per heavy atom. The molecule has 0 saturated carbocycles. The van der Waals surface area contributed by atoms with E-state index in [1.165, 1.54) is 33.7 Å². The number of nitrogens with one attached hydrogen (secondary N) is 1. The van der Waals surface area contributed by atoms with Gasteiger partial charge in [0, 0.05) is 19.2 Å². The summed E-state index contributed by atoms with van der Waals surface area (Å²) in [6.45, 7) is -2.20. The van der Waals surface area contributed by atoms with Gasteiger partial charge in [-0.1, -0.05) is 0 Å². The SMILES string of the molecule is NCC(O)CNc1nc2c(N)ncnc2n1[C@@H]1O[C@H](COP(=O)(O)OP(=O)([O-])OC[C@H]2O[C@@H]([n+]3cccc(C(N)=O)c3)[C@H](O)[C@@H]2O)[C@@H](O)[C@H]1O. The number of fused-ring (bicyclic) bond motifs is 1. The molecule has 0 aliphatic carbocycles. The number of ether oxygens (including phenoxy) is 2. The molecule has 26 heteroatoms. The third-order valence-electron chi connectivity index (χ3n) is 7.60. The number of aliphatic hydroxyl groups excluding tert-OH is 5. The predicted molar refractivity (Wildman–Crippen MR) is 161 cm³/mol. The van der Waals surface area contributed by atoms with Gasteiger partial charge in [-0.05, 0) is 6.07 Å². The lowest BCUT2D eigenvalue weighted by Crippen LogP contribution is -2.46. The Hall–Kier alpha value is -3.29. The molecule has 3 aromatic rings. The molecule has 2 fully saturated rings. The number of nitrogen functional groups attached to an aromatic ring is 1. The van der Waals surface area contributed by atoms with Crippen LogP contribution in [0.5, 0.6) is 0 Å². The van der Waals surface area contributed by atoms with Crippen LogP contribution < -0.4 is 32.0 Å². The van der Waals surface area contributed by atoms with Crippen LogP contribution in [0.25, 0.3) is 11.2 Å². The predicted octanol–water partition coefficient (Wildman–Crippen LogP) is -4.92. The quantitative estimate of drug-likeness (QED) is 0.0513. The average molecular weight is 752 g/mol. The van der Waals surface area contributed by atoms with Gasteiger partial charge in [-0.2, -0.15) is 4.57 Å². The molecule has 2 aliphatic rings. The van der Waals surface area contributed by atoms with Gasteiger partial charge in [0.25, 0.3) is 20.0 Å². The number of phosphoric acid groups is 2. The van der Waals surface area contributed by atoms with Crippen molar-refractivity contribution in [1.29, 1.82) is 0 Å². The number of rotatable bonds is 15. The number of pyridine rings is 1. The van der Waals surface area contributed by atoms with Crippen LogP contribution in [0.1, 0.15) is 22.8 Å². The van der Waals surface area contributed by atoms with Crippen molar-refractivity contribution >= 4 is 44.5 Å². The summed E-state index contributed by atoms with van der Waals surface area (Å²) in [7, 11) is -11.2. The fourth-order valence-electron chi connectivity index (χ4n) is 5.08. The van der Waals surface area contributed by atoms with E-state index in [2.05, 4.69) is 29.1 Å². The minimum Gasteiger partial charge on any atom is -0.756 e. The molecule has 0 radical (unpaired) electrons. The van der Waals surface area contributed by atoms with Crippen LogP contribution in [0.2, 0.25) is 0 Å². The highest BCUT2D eigenvalue weighted by atomic mass is 31.3. The van der Waals surface area contributed by atoms with E-state index in [4.69, 9.17) is 31.2 Å². The molecule has 276 valence electrons. The van der Waals surface area contributed by atoms with Crippen molar-refractivity contribution in [3.63, 3.8) is 0 Å². The van der Waals surface area contributed by atoms with Crippen molar-refractivity contribution < 1.29 is 76.6 Å². The zero-order chi connectivity index (χ0) is 36.5. The van der Waals surface area contributed by atoms with E-state index in [9.17, 15) is 49.2 Å². The van der Waals surface area contributed by atoms with Gasteiger partial charge in [-0.3, -0.25) is 18.5 Å². The first-order valence-corrected chi connectivity index (χ1v) is 17.6. The van der Waals surface area contributed by atoms with E-state index in [-0.39, 0.29) is 41.6 Å². The first kappa shape index (κ1) is 38.0. The molecule has 5 rings (SSSR count). The molecule has 2 saturated heterocycles. The van der Waals surface area contributed by atoms with Gasteiger partial charge in [0.1, 0.15) is 42.4 Å². The number of imidazole rings is 1. The van der Waals surface area contributed by atoms with Crippen molar-refractivity contribution in [1.82, 2.24) is 19.5 Å². The number of nitrogens with zero attached hydrogens (tertiary/aromatic N) is 5. The lowest BCUT2D eigenvalue weighted by atomic mass is 10.1. The summed E-state index contributed by atoms with van der Waals surface area (Å²) in [5, 5.41) is 55.0. The average Bonchev–Trinajstić information content (AvgIpc) is 3.68. The number of aromatic nitrogens is 5. The molecule has 0 bridgehead atoms. The van der Waals surface area contributed by atoms with Crippen molar-refractivity contribution in [2.24, 2.45) is 11.5 Å². The minimum absolute atomic E-state index is 0.0358. The number of primary amides is 1. The molecule has 1 amide bonds. The van der Waals surface area contributed by atoms with Crippen molar-refractivity contribution in [3.05, 3.63) is 36.4 Å². The highest BCUT2D eigenvalue weighted by Gasteiger charge is 2.49. The first-order chi connectivity index (χ1) is 23.5. The summed E-state index contributed by atoms with van der Waals surface area (Å²) in [4.78, 5) is 46.2. The van der Waals surface area contributed by atoms with E-state index < -0.39 is 89.9 Å². The molecule has 5 heterocycles. The molecule has 2 aliphatic heterocycles. The van der Waals surface area contributed by atoms with Gasteiger partial charge in [-0.25, -0.2) is 23.8 Å². The van der Waals surface area contributed by atoms with Crippen LogP contribution in [0.15, 0.2) is 30.9 Å². The van der Waals surface area contributed by atoms with Crippen LogP contribution in [0, 0.1) is 0 Å². The molecule has 24 nitrogen and oxygen atoms in total. The number of aliphatic hydroxyl groups is 5. The molecule has 11 atom stereocenters. The maximum atomic E-state index is 12.6. The number of amides is 1. The number of anilines is 2. The molecule has 0 spiro atoms. The number of nitrogens with two attached hydrogens (primary N) is 3. The molecule has 3 unspecified atom stereocenters. The maximum Gasteiger partial charge on any atom is 0.478 e. The summed E-state index contributed by atoms with van der Waals surface area (Å²) < 4.78 is 52.1. The Kier molecular flexibility index (Phi) is 11.5. The van der Waals surface area contributed by atoms with E-state index in [0.29, 0.717) is 0 Å². The second-order valence-electron chi connectivity index (χ2n) is 11.1. The van der Waals surface area contributed by atoms with Gasteiger partial charge in [0.2, 0.25) is 5.95 Å². The number of phosphoric ester groups is 2. The van der Waals surface area contributed by atoms with Crippen molar-refractivity contribution in [3.8, 4) is 0 Å². The summed E-state index contributed by atoms with van der Waals surface area (Å²) >= 11 is 0. The summed E-state index contributed by atoms with van der Waals surface area (Å²) in [5.74, 6) is -0.872. The number of hydrogen-bond donors (Lipinski definition) is 10. The number of carbonyl (C=O) groups is 1. The summed E-state index contributed by atoms with van der Waals surface area (Å²) in [5.41, 5.74) is 16.7. The van der Waals surface area contributed by atoms with Crippen LogP contribution in [-0.2, 0) is 32.0 Å². The number of carbonyl (C=O) groups excluding carboxylic acids is 1. The fraction of sp³-hybridized carbons (Fsp3) is 0.542. The molecule has 0 aromatic carbocycles. The Balaban J connectivity index is 1.20. The molecular weight excluding hydrogens is 716 g/mol. The maximum absolute atomic E-state index is 12.6. The lowest BCUT2D eigenvalue weighted by Gasteiger charge is -2.26. The largest absolute Gasteiger partial charge is 0.756 e.